The van der Waals surface area contributed by atoms with Crippen molar-refractivity contribution < 1.29 is 22.0 Å². The molecule has 0 saturated carbocycles. The Balaban J connectivity index is 2.60. The van der Waals surface area contributed by atoms with Gasteiger partial charge in [0, 0.05) is 5.56 Å². The Labute approximate surface area is 125 Å². The highest BCUT2D eigenvalue weighted by atomic mass is 79.9. The highest BCUT2D eigenvalue weighted by Crippen LogP contribution is 2.37. The van der Waals surface area contributed by atoms with Crippen LogP contribution in [0.5, 0.6) is 0 Å². The SMILES string of the molecule is NC(c1cc(F)ccc1C(F)(F)F)c1cccc(Br)c1F. The average molecular weight is 366 g/mol. The maximum absolute atomic E-state index is 14.0. The van der Waals surface area contributed by atoms with E-state index < -0.39 is 35.0 Å². The minimum atomic E-state index is -4.71. The van der Waals surface area contributed by atoms with Crippen LogP contribution in [-0.4, -0.2) is 0 Å². The van der Waals surface area contributed by atoms with E-state index >= 15 is 0 Å². The molecule has 0 radical (unpaired) electrons. The van der Waals surface area contributed by atoms with Gasteiger partial charge in [0.1, 0.15) is 11.6 Å². The van der Waals surface area contributed by atoms with Gasteiger partial charge in [0.2, 0.25) is 0 Å². The van der Waals surface area contributed by atoms with Crippen LogP contribution >= 0.6 is 15.9 Å². The monoisotopic (exact) mass is 365 g/mol. The van der Waals surface area contributed by atoms with Gasteiger partial charge in [0.25, 0.3) is 0 Å². The molecule has 1 atom stereocenters. The summed E-state index contributed by atoms with van der Waals surface area (Å²) in [5, 5.41) is 0. The summed E-state index contributed by atoms with van der Waals surface area (Å²) in [6.07, 6.45) is -4.71. The quantitative estimate of drug-likeness (QED) is 0.760. The lowest BCUT2D eigenvalue weighted by Gasteiger charge is -2.19. The zero-order valence-electron chi connectivity index (χ0n) is 10.4. The largest absolute Gasteiger partial charge is 0.416 e. The second-order valence-electron chi connectivity index (χ2n) is 4.35. The Morgan fingerprint density at radius 1 is 1.00 bits per heavy atom. The van der Waals surface area contributed by atoms with Gasteiger partial charge < -0.3 is 5.73 Å². The predicted octanol–water partition coefficient (Wildman–Crippen LogP) is 4.79. The Hall–Kier alpha value is -1.47. The summed E-state index contributed by atoms with van der Waals surface area (Å²) in [6.45, 7) is 0. The van der Waals surface area contributed by atoms with Gasteiger partial charge in [-0.15, -0.1) is 0 Å². The first-order valence-corrected chi connectivity index (χ1v) is 6.57. The van der Waals surface area contributed by atoms with E-state index in [1.165, 1.54) is 18.2 Å². The molecule has 0 fully saturated rings. The molecule has 0 aromatic heterocycles. The lowest BCUT2D eigenvalue weighted by molar-refractivity contribution is -0.138. The average Bonchev–Trinajstić information content (AvgIpc) is 2.39. The van der Waals surface area contributed by atoms with Gasteiger partial charge in [0.05, 0.1) is 16.1 Å². The molecule has 21 heavy (non-hydrogen) atoms. The van der Waals surface area contributed by atoms with Gasteiger partial charge in [-0.1, -0.05) is 12.1 Å². The molecule has 0 saturated heterocycles. The summed E-state index contributed by atoms with van der Waals surface area (Å²) < 4.78 is 66.2. The third-order valence-corrected chi connectivity index (χ3v) is 3.58. The van der Waals surface area contributed by atoms with Crippen molar-refractivity contribution in [3.63, 3.8) is 0 Å². The van der Waals surface area contributed by atoms with Crippen LogP contribution in [0.1, 0.15) is 22.7 Å². The summed E-state index contributed by atoms with van der Waals surface area (Å²) in [4.78, 5) is 0. The van der Waals surface area contributed by atoms with Crippen molar-refractivity contribution in [2.45, 2.75) is 12.2 Å². The zero-order chi connectivity index (χ0) is 15.8. The second-order valence-corrected chi connectivity index (χ2v) is 5.20. The molecule has 0 aliphatic rings. The van der Waals surface area contributed by atoms with Crippen LogP contribution in [0.4, 0.5) is 22.0 Å². The van der Waals surface area contributed by atoms with Crippen LogP contribution in [0.15, 0.2) is 40.9 Å². The predicted molar refractivity (Wildman–Crippen MR) is 71.5 cm³/mol. The Morgan fingerprint density at radius 2 is 1.67 bits per heavy atom. The van der Waals surface area contributed by atoms with Crippen molar-refractivity contribution in [3.8, 4) is 0 Å². The van der Waals surface area contributed by atoms with E-state index in [0.29, 0.717) is 18.2 Å². The van der Waals surface area contributed by atoms with Crippen molar-refractivity contribution in [3.05, 3.63) is 69.2 Å². The fourth-order valence-corrected chi connectivity index (χ4v) is 2.36. The molecular weight excluding hydrogens is 357 g/mol. The van der Waals surface area contributed by atoms with Crippen molar-refractivity contribution in [1.82, 2.24) is 0 Å². The molecule has 0 amide bonds. The number of rotatable bonds is 2. The molecule has 0 bridgehead atoms. The van der Waals surface area contributed by atoms with E-state index in [1.807, 2.05) is 0 Å². The normalized spacial score (nSPS) is 13.3. The molecule has 1 nitrogen and oxygen atoms in total. The third-order valence-electron chi connectivity index (χ3n) is 2.97. The van der Waals surface area contributed by atoms with Crippen molar-refractivity contribution in [1.29, 1.82) is 0 Å². The Morgan fingerprint density at radius 3 is 2.29 bits per heavy atom. The summed E-state index contributed by atoms with van der Waals surface area (Å²) in [7, 11) is 0. The summed E-state index contributed by atoms with van der Waals surface area (Å²) >= 11 is 2.93. The topological polar surface area (TPSA) is 26.0 Å². The lowest BCUT2D eigenvalue weighted by Crippen LogP contribution is -2.20. The number of nitrogens with two attached hydrogens (primary N) is 1. The maximum Gasteiger partial charge on any atom is 0.416 e. The van der Waals surface area contributed by atoms with E-state index in [2.05, 4.69) is 15.9 Å². The van der Waals surface area contributed by atoms with Crippen molar-refractivity contribution in [2.24, 2.45) is 5.73 Å². The van der Waals surface area contributed by atoms with Gasteiger partial charge in [-0.25, -0.2) is 8.78 Å². The Kier molecular flexibility index (Phi) is 4.34. The van der Waals surface area contributed by atoms with Crippen LogP contribution in [0.25, 0.3) is 0 Å². The van der Waals surface area contributed by atoms with E-state index in [9.17, 15) is 22.0 Å². The molecule has 1 unspecified atom stereocenters. The van der Waals surface area contributed by atoms with Crippen LogP contribution in [0.2, 0.25) is 0 Å². The molecule has 2 aromatic rings. The van der Waals surface area contributed by atoms with E-state index in [1.54, 1.807) is 0 Å². The molecule has 2 rings (SSSR count). The minimum absolute atomic E-state index is 0.0698. The molecule has 2 aromatic carbocycles. The fraction of sp³-hybridized carbons (Fsp3) is 0.143. The highest BCUT2D eigenvalue weighted by molar-refractivity contribution is 9.10. The molecule has 0 spiro atoms. The second kappa shape index (κ2) is 5.73. The molecule has 0 aliphatic carbocycles. The summed E-state index contributed by atoms with van der Waals surface area (Å²) in [5.41, 5.74) is 3.97. The van der Waals surface area contributed by atoms with Crippen molar-refractivity contribution in [2.75, 3.05) is 0 Å². The number of benzene rings is 2. The van der Waals surface area contributed by atoms with Crippen LogP contribution in [-0.2, 0) is 6.18 Å². The third kappa shape index (κ3) is 3.24. The first-order valence-electron chi connectivity index (χ1n) is 5.78. The highest BCUT2D eigenvalue weighted by Gasteiger charge is 2.35. The van der Waals surface area contributed by atoms with E-state index in [0.717, 1.165) is 0 Å². The zero-order valence-corrected chi connectivity index (χ0v) is 12.0. The van der Waals surface area contributed by atoms with Crippen molar-refractivity contribution >= 4 is 15.9 Å². The smallest absolute Gasteiger partial charge is 0.320 e. The van der Waals surface area contributed by atoms with Crippen LogP contribution in [0, 0.1) is 11.6 Å². The molecular formula is C14H9BrF5N. The van der Waals surface area contributed by atoms with Gasteiger partial charge in [-0.3, -0.25) is 0 Å². The fourth-order valence-electron chi connectivity index (χ4n) is 1.98. The molecule has 2 N–H and O–H groups in total. The first kappa shape index (κ1) is 15.9. The Bertz CT molecular complexity index is 669. The molecule has 7 heteroatoms. The van der Waals surface area contributed by atoms with Gasteiger partial charge in [-0.2, -0.15) is 13.2 Å². The lowest BCUT2D eigenvalue weighted by atomic mass is 9.94. The molecule has 112 valence electrons. The van der Waals surface area contributed by atoms with E-state index in [-0.39, 0.29) is 10.0 Å². The number of halogens is 6. The molecule has 0 aliphatic heterocycles. The first-order chi connectivity index (χ1) is 9.71. The maximum atomic E-state index is 14.0. The van der Waals surface area contributed by atoms with Crippen LogP contribution < -0.4 is 5.73 Å². The summed E-state index contributed by atoms with van der Waals surface area (Å²) in [6, 6.07) is 4.62. The van der Waals surface area contributed by atoms with Gasteiger partial charge >= 0.3 is 6.18 Å². The van der Waals surface area contributed by atoms with E-state index in [4.69, 9.17) is 5.73 Å². The number of hydrogen-bond donors (Lipinski definition) is 1. The minimum Gasteiger partial charge on any atom is -0.320 e. The van der Waals surface area contributed by atoms with Gasteiger partial charge in [-0.05, 0) is 45.8 Å². The van der Waals surface area contributed by atoms with Gasteiger partial charge in [0.15, 0.2) is 0 Å². The summed E-state index contributed by atoms with van der Waals surface area (Å²) in [5.74, 6) is -1.65. The number of hydrogen-bond acceptors (Lipinski definition) is 1. The standard InChI is InChI=1S/C14H9BrF5N/c15-11-3-1-2-8(12(11)17)13(21)9-6-7(16)4-5-10(9)14(18,19)20/h1-6,13H,21H2. The number of alkyl halides is 3. The van der Waals surface area contributed by atoms with Crippen LogP contribution in [0.3, 0.4) is 0 Å². The molecule has 0 heterocycles.